The Labute approximate surface area is 211 Å². The Morgan fingerprint density at radius 2 is 1.75 bits per heavy atom. The highest BCUT2D eigenvalue weighted by atomic mass is 16.5. The van der Waals surface area contributed by atoms with Gasteiger partial charge >= 0.3 is 11.9 Å². The summed E-state index contributed by atoms with van der Waals surface area (Å²) in [6.45, 7) is 5.78. The van der Waals surface area contributed by atoms with Crippen molar-refractivity contribution in [3.8, 4) is 0 Å². The van der Waals surface area contributed by atoms with Crippen molar-refractivity contribution in [2.75, 3.05) is 39.8 Å². The van der Waals surface area contributed by atoms with Crippen LogP contribution in [-0.2, 0) is 22.7 Å². The Bertz CT molecular complexity index is 1160. The molecule has 5 rings (SSSR count). The molecular weight excluding hydrogens is 460 g/mol. The number of carbonyl (C=O) groups is 2. The molecule has 1 fully saturated rings. The van der Waals surface area contributed by atoms with Crippen molar-refractivity contribution < 1.29 is 29.3 Å². The van der Waals surface area contributed by atoms with Gasteiger partial charge in [0.2, 0.25) is 0 Å². The molecule has 0 aromatic heterocycles. The van der Waals surface area contributed by atoms with Gasteiger partial charge in [0.05, 0.1) is 29.9 Å². The minimum absolute atomic E-state index is 0.00585. The van der Waals surface area contributed by atoms with E-state index in [0.717, 1.165) is 60.3 Å². The van der Waals surface area contributed by atoms with Crippen LogP contribution in [-0.4, -0.2) is 71.8 Å². The second-order valence-electron chi connectivity index (χ2n) is 10.3. The molecular formula is C28H34N2O6. The fourth-order valence-electron chi connectivity index (χ4n) is 5.82. The van der Waals surface area contributed by atoms with Gasteiger partial charge in [0, 0.05) is 24.2 Å². The molecule has 0 bridgehead atoms. The van der Waals surface area contributed by atoms with Gasteiger partial charge in [-0.05, 0) is 80.7 Å². The summed E-state index contributed by atoms with van der Waals surface area (Å²) in [6.07, 6.45) is 1.43. The highest BCUT2D eigenvalue weighted by Gasteiger charge is 2.29. The summed E-state index contributed by atoms with van der Waals surface area (Å²) in [7, 11) is 2.04. The molecule has 0 saturated carbocycles. The van der Waals surface area contributed by atoms with E-state index in [1.165, 1.54) is 0 Å². The first-order chi connectivity index (χ1) is 17.4. The molecule has 3 aliphatic heterocycles. The number of fused-ring (bicyclic) bond motifs is 2. The highest BCUT2D eigenvalue weighted by Crippen LogP contribution is 2.31. The van der Waals surface area contributed by atoms with Gasteiger partial charge in [0.15, 0.2) is 0 Å². The van der Waals surface area contributed by atoms with E-state index in [0.29, 0.717) is 30.2 Å². The minimum atomic E-state index is -0.611. The number of aliphatic hydroxyl groups excluding tert-OH is 2. The average molecular weight is 495 g/mol. The maximum absolute atomic E-state index is 11.8. The second kappa shape index (κ2) is 10.3. The van der Waals surface area contributed by atoms with Crippen molar-refractivity contribution in [3.63, 3.8) is 0 Å². The van der Waals surface area contributed by atoms with Gasteiger partial charge in [0.25, 0.3) is 0 Å². The normalized spacial score (nSPS) is 19.7. The number of benzene rings is 2. The number of β-amino-alcohol motifs (C(OH)–C–C–N with tert-alkyl or cyclic N) is 1. The number of cyclic esters (lactones) is 2. The van der Waals surface area contributed by atoms with Crippen LogP contribution in [0.4, 0.5) is 0 Å². The van der Waals surface area contributed by atoms with Crippen LogP contribution in [0.5, 0.6) is 0 Å². The molecule has 1 unspecified atom stereocenters. The quantitative estimate of drug-likeness (QED) is 0.541. The maximum Gasteiger partial charge on any atom is 0.338 e. The van der Waals surface area contributed by atoms with E-state index in [-0.39, 0.29) is 31.2 Å². The van der Waals surface area contributed by atoms with E-state index >= 15 is 0 Å². The summed E-state index contributed by atoms with van der Waals surface area (Å²) in [5.74, 6) is -0.0654. The zero-order valence-corrected chi connectivity index (χ0v) is 20.9. The Kier molecular flexibility index (Phi) is 7.12. The summed E-state index contributed by atoms with van der Waals surface area (Å²) < 4.78 is 10.3. The molecule has 36 heavy (non-hydrogen) atoms. The number of esters is 2. The van der Waals surface area contributed by atoms with Crippen LogP contribution in [0.15, 0.2) is 30.3 Å². The predicted molar refractivity (Wildman–Crippen MR) is 132 cm³/mol. The smallest absolute Gasteiger partial charge is 0.338 e. The van der Waals surface area contributed by atoms with Crippen molar-refractivity contribution >= 4 is 11.9 Å². The Balaban J connectivity index is 1.14. The first-order valence-corrected chi connectivity index (χ1v) is 12.7. The largest absolute Gasteiger partial charge is 0.457 e. The fourth-order valence-corrected chi connectivity index (χ4v) is 5.82. The Morgan fingerprint density at radius 3 is 2.50 bits per heavy atom. The number of likely N-dealkylation sites (tertiary alicyclic amines) is 1. The molecule has 0 radical (unpaired) electrons. The molecule has 2 aromatic carbocycles. The molecule has 2 N–H and O–H groups in total. The Morgan fingerprint density at radius 1 is 1.06 bits per heavy atom. The van der Waals surface area contributed by atoms with Crippen LogP contribution in [0, 0.1) is 12.8 Å². The lowest BCUT2D eigenvalue weighted by Gasteiger charge is -2.37. The van der Waals surface area contributed by atoms with Crippen LogP contribution in [0.3, 0.4) is 0 Å². The molecule has 3 aliphatic rings. The molecule has 8 heteroatoms. The number of piperidine rings is 1. The van der Waals surface area contributed by atoms with Gasteiger partial charge in [0.1, 0.15) is 13.2 Å². The van der Waals surface area contributed by atoms with E-state index in [1.54, 1.807) is 12.1 Å². The van der Waals surface area contributed by atoms with Crippen LogP contribution >= 0.6 is 0 Å². The van der Waals surface area contributed by atoms with E-state index in [2.05, 4.69) is 9.80 Å². The molecule has 2 atom stereocenters. The third-order valence-corrected chi connectivity index (χ3v) is 8.05. The number of aliphatic hydroxyl groups is 2. The SMILES string of the molecule is Cc1c([C@@H](O)CN2CCC(CN(C)C(CO)c3ccc4c(c3)COC4=O)CC2)ccc2c1COC2=O. The number of carbonyl (C=O) groups excluding carboxylic acids is 2. The molecule has 8 nitrogen and oxygen atoms in total. The van der Waals surface area contributed by atoms with Crippen molar-refractivity contribution in [3.05, 3.63) is 69.3 Å². The topological polar surface area (TPSA) is 99.5 Å². The number of rotatable bonds is 8. The van der Waals surface area contributed by atoms with Gasteiger partial charge in [-0.25, -0.2) is 9.59 Å². The zero-order chi connectivity index (χ0) is 25.4. The lowest BCUT2D eigenvalue weighted by Crippen LogP contribution is -2.40. The lowest BCUT2D eigenvalue weighted by molar-refractivity contribution is 0.0526. The second-order valence-corrected chi connectivity index (χ2v) is 10.3. The van der Waals surface area contributed by atoms with Crippen LogP contribution < -0.4 is 0 Å². The van der Waals surface area contributed by atoms with Gasteiger partial charge in [-0.3, -0.25) is 4.90 Å². The van der Waals surface area contributed by atoms with Crippen molar-refractivity contribution in [2.24, 2.45) is 5.92 Å². The van der Waals surface area contributed by atoms with Crippen molar-refractivity contribution in [1.82, 2.24) is 9.80 Å². The molecule has 192 valence electrons. The maximum atomic E-state index is 11.8. The molecule has 0 spiro atoms. The van der Waals surface area contributed by atoms with Crippen LogP contribution in [0.2, 0.25) is 0 Å². The van der Waals surface area contributed by atoms with Gasteiger partial charge < -0.3 is 24.6 Å². The van der Waals surface area contributed by atoms with E-state index in [9.17, 15) is 19.8 Å². The molecule has 0 amide bonds. The third kappa shape index (κ3) is 4.78. The van der Waals surface area contributed by atoms with Crippen LogP contribution in [0.25, 0.3) is 0 Å². The van der Waals surface area contributed by atoms with E-state index < -0.39 is 6.10 Å². The summed E-state index contributed by atoms with van der Waals surface area (Å²) in [5, 5.41) is 21.1. The predicted octanol–water partition coefficient (Wildman–Crippen LogP) is 2.75. The van der Waals surface area contributed by atoms with Crippen molar-refractivity contribution in [2.45, 2.75) is 45.1 Å². The molecule has 0 aliphatic carbocycles. The zero-order valence-electron chi connectivity index (χ0n) is 20.9. The monoisotopic (exact) mass is 494 g/mol. The van der Waals surface area contributed by atoms with Gasteiger partial charge in [-0.15, -0.1) is 0 Å². The minimum Gasteiger partial charge on any atom is -0.457 e. The molecule has 1 saturated heterocycles. The van der Waals surface area contributed by atoms with Gasteiger partial charge in [-0.2, -0.15) is 0 Å². The number of nitrogens with zero attached hydrogens (tertiary/aromatic N) is 2. The highest BCUT2D eigenvalue weighted by molar-refractivity contribution is 5.94. The summed E-state index contributed by atoms with van der Waals surface area (Å²) in [5.41, 5.74) is 5.80. The third-order valence-electron chi connectivity index (χ3n) is 8.05. The van der Waals surface area contributed by atoms with Crippen molar-refractivity contribution in [1.29, 1.82) is 0 Å². The van der Waals surface area contributed by atoms with E-state index in [1.807, 2.05) is 32.2 Å². The fraction of sp³-hybridized carbons (Fsp3) is 0.500. The van der Waals surface area contributed by atoms with Crippen LogP contribution in [0.1, 0.15) is 73.5 Å². The summed E-state index contributed by atoms with van der Waals surface area (Å²) in [4.78, 5) is 28.0. The number of hydrogen-bond acceptors (Lipinski definition) is 8. The standard InChI is InChI=1S/C28H34N2O6/c1-17-21(5-6-23-24(17)16-36-28(23)34)26(32)13-30-9-7-18(8-10-30)12-29(2)25(14-31)19-3-4-22-20(11-19)15-35-27(22)33/h3-6,11,18,25-26,31-32H,7-10,12-16H2,1-2H3/t25?,26-/m0/s1. The molecule has 3 heterocycles. The first kappa shape index (κ1) is 24.9. The number of ether oxygens (including phenoxy) is 2. The Hall–Kier alpha value is -2.78. The average Bonchev–Trinajstić information content (AvgIpc) is 3.43. The number of hydrogen-bond donors (Lipinski definition) is 2. The summed E-state index contributed by atoms with van der Waals surface area (Å²) in [6, 6.07) is 9.17. The summed E-state index contributed by atoms with van der Waals surface area (Å²) >= 11 is 0. The lowest BCUT2D eigenvalue weighted by atomic mass is 9.93. The van der Waals surface area contributed by atoms with Gasteiger partial charge in [-0.1, -0.05) is 12.1 Å². The first-order valence-electron chi connectivity index (χ1n) is 12.7. The molecule has 2 aromatic rings. The van der Waals surface area contributed by atoms with E-state index in [4.69, 9.17) is 9.47 Å². The number of likely N-dealkylation sites (N-methyl/N-ethyl adjacent to an activating group) is 1.